The lowest BCUT2D eigenvalue weighted by Gasteiger charge is -2.37. The largest absolute Gasteiger partial charge is 0.367 e. The number of aryl methyl sites for hydroxylation is 2. The minimum absolute atomic E-state index is 0.0393. The molecule has 0 N–H and O–H groups in total. The summed E-state index contributed by atoms with van der Waals surface area (Å²) in [6.45, 7) is 7.66. The lowest BCUT2D eigenvalue weighted by Crippen LogP contribution is -2.43. The third-order valence-electron chi connectivity index (χ3n) is 4.62. The van der Waals surface area contributed by atoms with Gasteiger partial charge in [-0.2, -0.15) is 5.10 Å². The van der Waals surface area contributed by atoms with Gasteiger partial charge in [-0.1, -0.05) is 30.3 Å². The Morgan fingerprint density at radius 2 is 1.69 bits per heavy atom. The Labute approximate surface area is 153 Å². The van der Waals surface area contributed by atoms with E-state index in [9.17, 15) is 0 Å². The molecule has 0 amide bonds. The first kappa shape index (κ1) is 16.7. The first-order chi connectivity index (χ1) is 12.6. The predicted octanol–water partition coefficient (Wildman–Crippen LogP) is 3.25. The second-order valence-corrected chi connectivity index (χ2v) is 6.84. The van der Waals surface area contributed by atoms with Crippen molar-refractivity contribution < 1.29 is 4.74 Å². The zero-order valence-corrected chi connectivity index (χ0v) is 15.3. The highest BCUT2D eigenvalue weighted by molar-refractivity contribution is 5.41. The van der Waals surface area contributed by atoms with Crippen LogP contribution in [-0.2, 0) is 4.74 Å². The fourth-order valence-electron chi connectivity index (χ4n) is 3.45. The van der Waals surface area contributed by atoms with Gasteiger partial charge in [0, 0.05) is 18.8 Å². The third-order valence-corrected chi connectivity index (χ3v) is 4.62. The average Bonchev–Trinajstić information content (AvgIpc) is 3.00. The number of morpholine rings is 1. The minimum atomic E-state index is 0.0393. The normalized spacial score (nSPS) is 20.3. The van der Waals surface area contributed by atoms with Crippen molar-refractivity contribution in [3.05, 3.63) is 65.5 Å². The number of nitrogens with zero attached hydrogens (tertiary/aromatic N) is 5. The van der Waals surface area contributed by atoms with Crippen LogP contribution in [0.15, 0.2) is 48.5 Å². The van der Waals surface area contributed by atoms with Gasteiger partial charge in [0.1, 0.15) is 6.10 Å². The summed E-state index contributed by atoms with van der Waals surface area (Å²) in [7, 11) is 0. The number of aromatic nitrogens is 4. The second kappa shape index (κ2) is 6.88. The quantitative estimate of drug-likeness (QED) is 0.726. The summed E-state index contributed by atoms with van der Waals surface area (Å²) in [6, 6.07) is 16.4. The molecule has 0 unspecified atom stereocenters. The van der Waals surface area contributed by atoms with Gasteiger partial charge in [0.25, 0.3) is 0 Å². The van der Waals surface area contributed by atoms with Gasteiger partial charge in [0.05, 0.1) is 11.8 Å². The van der Waals surface area contributed by atoms with Crippen molar-refractivity contribution in [1.82, 2.24) is 20.0 Å². The number of benzene rings is 1. The van der Waals surface area contributed by atoms with Gasteiger partial charge in [-0.15, -0.1) is 10.2 Å². The van der Waals surface area contributed by atoms with E-state index in [0.29, 0.717) is 0 Å². The zero-order valence-electron chi connectivity index (χ0n) is 15.3. The van der Waals surface area contributed by atoms with E-state index in [1.807, 2.05) is 54.9 Å². The molecule has 3 heterocycles. The molecule has 0 aliphatic carbocycles. The van der Waals surface area contributed by atoms with Crippen molar-refractivity contribution in [2.45, 2.75) is 33.0 Å². The predicted molar refractivity (Wildman–Crippen MR) is 101 cm³/mol. The Morgan fingerprint density at radius 1 is 0.962 bits per heavy atom. The third kappa shape index (κ3) is 3.32. The van der Waals surface area contributed by atoms with Gasteiger partial charge in [-0.25, -0.2) is 4.68 Å². The van der Waals surface area contributed by atoms with Crippen molar-refractivity contribution >= 4 is 5.82 Å². The molecule has 2 atom stereocenters. The highest BCUT2D eigenvalue weighted by Gasteiger charge is 2.27. The number of rotatable bonds is 3. The maximum absolute atomic E-state index is 6.13. The molecule has 2 aromatic heterocycles. The molecule has 6 nitrogen and oxygen atoms in total. The van der Waals surface area contributed by atoms with Crippen molar-refractivity contribution in [1.29, 1.82) is 0 Å². The van der Waals surface area contributed by atoms with Gasteiger partial charge < -0.3 is 9.64 Å². The average molecular weight is 349 g/mol. The van der Waals surface area contributed by atoms with E-state index in [2.05, 4.69) is 39.3 Å². The van der Waals surface area contributed by atoms with Crippen LogP contribution in [0.2, 0.25) is 0 Å². The van der Waals surface area contributed by atoms with E-state index in [1.54, 1.807) is 0 Å². The lowest BCUT2D eigenvalue weighted by atomic mass is 10.1. The summed E-state index contributed by atoms with van der Waals surface area (Å²) in [5.41, 5.74) is 3.21. The molecule has 0 radical (unpaired) electrons. The summed E-state index contributed by atoms with van der Waals surface area (Å²) in [6.07, 6.45) is 0.170. The first-order valence-corrected chi connectivity index (χ1v) is 8.93. The van der Waals surface area contributed by atoms with Crippen LogP contribution in [0.5, 0.6) is 0 Å². The standard InChI is InChI=1S/C20H23N5O/c1-14-11-15(2)25(23-14)20-10-9-19(21-22-20)24-12-16(3)26-18(13-24)17-7-5-4-6-8-17/h4-11,16,18H,12-13H2,1-3H3/t16-,18-/m1/s1. The van der Waals surface area contributed by atoms with Crippen molar-refractivity contribution in [3.8, 4) is 5.82 Å². The van der Waals surface area contributed by atoms with Crippen LogP contribution in [0.3, 0.4) is 0 Å². The molecule has 0 spiro atoms. The fraction of sp³-hybridized carbons (Fsp3) is 0.350. The minimum Gasteiger partial charge on any atom is -0.367 e. The number of anilines is 1. The molecule has 26 heavy (non-hydrogen) atoms. The van der Waals surface area contributed by atoms with Crippen LogP contribution < -0.4 is 4.90 Å². The topological polar surface area (TPSA) is 56.1 Å². The zero-order chi connectivity index (χ0) is 18.1. The Morgan fingerprint density at radius 3 is 2.35 bits per heavy atom. The number of hydrogen-bond acceptors (Lipinski definition) is 5. The van der Waals surface area contributed by atoms with E-state index < -0.39 is 0 Å². The van der Waals surface area contributed by atoms with Gasteiger partial charge in [0.2, 0.25) is 0 Å². The molecule has 0 bridgehead atoms. The van der Waals surface area contributed by atoms with Gasteiger partial charge in [0.15, 0.2) is 11.6 Å². The lowest BCUT2D eigenvalue weighted by molar-refractivity contribution is -0.0176. The number of hydrogen-bond donors (Lipinski definition) is 0. The van der Waals surface area contributed by atoms with Crippen molar-refractivity contribution in [2.75, 3.05) is 18.0 Å². The van der Waals surface area contributed by atoms with Crippen LogP contribution in [0, 0.1) is 13.8 Å². The SMILES string of the molecule is Cc1cc(C)n(-c2ccc(N3C[C@@H](C)O[C@@H](c4ccccc4)C3)nn2)n1. The molecule has 1 saturated heterocycles. The molecule has 1 aromatic carbocycles. The van der Waals surface area contributed by atoms with E-state index in [-0.39, 0.29) is 12.2 Å². The molecule has 0 saturated carbocycles. The van der Waals surface area contributed by atoms with Gasteiger partial charge in [-0.3, -0.25) is 0 Å². The van der Waals surface area contributed by atoms with Crippen LogP contribution in [0.1, 0.15) is 30.0 Å². The molecule has 1 aliphatic rings. The van der Waals surface area contributed by atoms with Crippen molar-refractivity contribution in [2.24, 2.45) is 0 Å². The molecular weight excluding hydrogens is 326 g/mol. The molecule has 4 rings (SSSR count). The Hall–Kier alpha value is -2.73. The van der Waals surface area contributed by atoms with Crippen LogP contribution in [-0.4, -0.2) is 39.2 Å². The van der Waals surface area contributed by atoms with E-state index in [1.165, 1.54) is 5.56 Å². The maximum atomic E-state index is 6.13. The van der Waals surface area contributed by atoms with Crippen molar-refractivity contribution in [3.63, 3.8) is 0 Å². The molecular formula is C20H23N5O. The fourth-order valence-corrected chi connectivity index (χ4v) is 3.45. The Kier molecular flexibility index (Phi) is 4.42. The van der Waals surface area contributed by atoms with Gasteiger partial charge in [-0.05, 0) is 44.5 Å². The Bertz CT molecular complexity index is 875. The maximum Gasteiger partial charge on any atom is 0.176 e. The smallest absolute Gasteiger partial charge is 0.176 e. The first-order valence-electron chi connectivity index (χ1n) is 8.93. The summed E-state index contributed by atoms with van der Waals surface area (Å²) >= 11 is 0. The van der Waals surface area contributed by atoms with Gasteiger partial charge >= 0.3 is 0 Å². The summed E-state index contributed by atoms with van der Waals surface area (Å²) in [4.78, 5) is 2.24. The highest BCUT2D eigenvalue weighted by Crippen LogP contribution is 2.27. The summed E-state index contributed by atoms with van der Waals surface area (Å²) < 4.78 is 7.95. The van der Waals surface area contributed by atoms with E-state index in [4.69, 9.17) is 4.74 Å². The second-order valence-electron chi connectivity index (χ2n) is 6.84. The molecule has 3 aromatic rings. The van der Waals surface area contributed by atoms with Crippen LogP contribution >= 0.6 is 0 Å². The molecule has 6 heteroatoms. The molecule has 1 fully saturated rings. The van der Waals surface area contributed by atoms with Crippen LogP contribution in [0.25, 0.3) is 5.82 Å². The van der Waals surface area contributed by atoms with E-state index >= 15 is 0 Å². The van der Waals surface area contributed by atoms with E-state index in [0.717, 1.165) is 36.1 Å². The molecule has 1 aliphatic heterocycles. The monoisotopic (exact) mass is 349 g/mol. The molecule has 134 valence electrons. The number of ether oxygens (including phenoxy) is 1. The summed E-state index contributed by atoms with van der Waals surface area (Å²) in [5, 5.41) is 13.3. The van der Waals surface area contributed by atoms with Crippen LogP contribution in [0.4, 0.5) is 5.82 Å². The highest BCUT2D eigenvalue weighted by atomic mass is 16.5. The summed E-state index contributed by atoms with van der Waals surface area (Å²) in [5.74, 6) is 1.60. The Balaban J connectivity index is 1.56.